The Morgan fingerprint density at radius 3 is 2.82 bits per heavy atom. The Morgan fingerprint density at radius 1 is 1.27 bits per heavy atom. The maximum Gasteiger partial charge on any atom is 0.226 e. The van der Waals surface area contributed by atoms with Gasteiger partial charge in [0.2, 0.25) is 5.91 Å². The van der Waals surface area contributed by atoms with Gasteiger partial charge in [0.1, 0.15) is 0 Å². The van der Waals surface area contributed by atoms with Crippen LogP contribution in [0.25, 0.3) is 0 Å². The molecule has 1 aliphatic carbocycles. The summed E-state index contributed by atoms with van der Waals surface area (Å²) in [5.41, 5.74) is 2.57. The highest BCUT2D eigenvalue weighted by molar-refractivity contribution is 6.42. The molecule has 1 atom stereocenters. The number of benzene rings is 1. The predicted octanol–water partition coefficient (Wildman–Crippen LogP) is 3.27. The number of nitrogens with zero attached hydrogens (tertiary/aromatic N) is 1. The van der Waals surface area contributed by atoms with Gasteiger partial charge in [-0.05, 0) is 61.4 Å². The molecule has 1 unspecified atom stereocenters. The molecule has 0 radical (unpaired) electrons. The highest BCUT2D eigenvalue weighted by atomic mass is 35.5. The van der Waals surface area contributed by atoms with Crippen LogP contribution in [0.2, 0.25) is 10.0 Å². The lowest BCUT2D eigenvalue weighted by Crippen LogP contribution is -2.39. The number of hydrogen-bond donors (Lipinski definition) is 1. The molecule has 3 aliphatic rings. The van der Waals surface area contributed by atoms with E-state index in [2.05, 4.69) is 5.32 Å². The molecule has 1 saturated carbocycles. The standard InChI is InChI=1S/C17H20Cl2N2O/c18-14-2-1-11-10-21(8-3-12(11)15(14)19)16(22)13-9-17(13)4-6-20-7-5-17/h1-2,13,20H,3-10H2. The molecule has 1 spiro atoms. The normalized spacial score (nSPS) is 25.9. The predicted molar refractivity (Wildman–Crippen MR) is 88.2 cm³/mol. The minimum atomic E-state index is 0.249. The second kappa shape index (κ2) is 5.40. The zero-order chi connectivity index (χ0) is 15.3. The molecular weight excluding hydrogens is 319 g/mol. The van der Waals surface area contributed by atoms with Crippen molar-refractivity contribution >= 4 is 29.1 Å². The zero-order valence-corrected chi connectivity index (χ0v) is 14.0. The second-order valence-electron chi connectivity index (χ2n) is 6.88. The van der Waals surface area contributed by atoms with Gasteiger partial charge >= 0.3 is 0 Å². The van der Waals surface area contributed by atoms with Crippen LogP contribution in [0.15, 0.2) is 12.1 Å². The van der Waals surface area contributed by atoms with Crippen molar-refractivity contribution in [3.05, 3.63) is 33.3 Å². The largest absolute Gasteiger partial charge is 0.338 e. The first kappa shape index (κ1) is 14.8. The molecule has 0 aromatic heterocycles. The first-order chi connectivity index (χ1) is 10.6. The number of amides is 1. The fourth-order valence-electron chi connectivity index (χ4n) is 4.17. The van der Waals surface area contributed by atoms with Crippen LogP contribution in [0, 0.1) is 11.3 Å². The number of fused-ring (bicyclic) bond motifs is 1. The summed E-state index contributed by atoms with van der Waals surface area (Å²) in [4.78, 5) is 14.9. The van der Waals surface area contributed by atoms with Gasteiger partial charge in [0.25, 0.3) is 0 Å². The third kappa shape index (κ3) is 2.34. The van der Waals surface area contributed by atoms with E-state index in [1.54, 1.807) is 0 Å². The van der Waals surface area contributed by atoms with Crippen molar-refractivity contribution in [3.63, 3.8) is 0 Å². The third-order valence-corrected chi connectivity index (χ3v) is 6.53. The number of halogens is 2. The highest BCUT2D eigenvalue weighted by Crippen LogP contribution is 2.59. The summed E-state index contributed by atoms with van der Waals surface area (Å²) in [7, 11) is 0. The van der Waals surface area contributed by atoms with Crippen LogP contribution in [0.5, 0.6) is 0 Å². The SMILES string of the molecule is O=C(C1CC12CCNCC2)N1CCc2c(ccc(Cl)c2Cl)C1. The third-order valence-electron chi connectivity index (χ3n) is 5.68. The van der Waals surface area contributed by atoms with E-state index >= 15 is 0 Å². The van der Waals surface area contributed by atoms with E-state index in [4.69, 9.17) is 23.2 Å². The number of rotatable bonds is 1. The Bertz CT molecular complexity index is 625. The van der Waals surface area contributed by atoms with Crippen LogP contribution in [-0.4, -0.2) is 30.4 Å². The van der Waals surface area contributed by atoms with Crippen LogP contribution in [0.4, 0.5) is 0 Å². The lowest BCUT2D eigenvalue weighted by atomic mass is 9.91. The fourth-order valence-corrected chi connectivity index (χ4v) is 4.62. The van der Waals surface area contributed by atoms with Gasteiger partial charge in [0.15, 0.2) is 0 Å². The average molecular weight is 339 g/mol. The quantitative estimate of drug-likeness (QED) is 0.852. The molecule has 3 nitrogen and oxygen atoms in total. The first-order valence-electron chi connectivity index (χ1n) is 8.06. The summed E-state index contributed by atoms with van der Waals surface area (Å²) in [6.07, 6.45) is 4.19. The average Bonchev–Trinajstić information content (AvgIpc) is 3.23. The number of hydrogen-bond acceptors (Lipinski definition) is 2. The van der Waals surface area contributed by atoms with E-state index in [1.165, 1.54) is 0 Å². The van der Waals surface area contributed by atoms with Gasteiger partial charge in [0.05, 0.1) is 10.0 Å². The van der Waals surface area contributed by atoms with Crippen molar-refractivity contribution in [2.24, 2.45) is 11.3 Å². The second-order valence-corrected chi connectivity index (χ2v) is 7.66. The maximum absolute atomic E-state index is 12.8. The van der Waals surface area contributed by atoms with Crippen LogP contribution in [0.3, 0.4) is 0 Å². The van der Waals surface area contributed by atoms with Gasteiger partial charge in [-0.2, -0.15) is 0 Å². The molecule has 1 aromatic rings. The lowest BCUT2D eigenvalue weighted by molar-refractivity contribution is -0.134. The molecule has 22 heavy (non-hydrogen) atoms. The van der Waals surface area contributed by atoms with Crippen molar-refractivity contribution in [1.29, 1.82) is 0 Å². The number of piperidine rings is 1. The van der Waals surface area contributed by atoms with E-state index in [-0.39, 0.29) is 5.92 Å². The molecule has 1 amide bonds. The monoisotopic (exact) mass is 338 g/mol. The number of carbonyl (C=O) groups is 1. The Labute approximate surface area is 141 Å². The van der Waals surface area contributed by atoms with Crippen LogP contribution < -0.4 is 5.32 Å². The number of nitrogens with one attached hydrogen (secondary N) is 1. The topological polar surface area (TPSA) is 32.3 Å². The van der Waals surface area contributed by atoms with Gasteiger partial charge in [-0.3, -0.25) is 4.79 Å². The minimum absolute atomic E-state index is 0.249. The summed E-state index contributed by atoms with van der Waals surface area (Å²) < 4.78 is 0. The van der Waals surface area contributed by atoms with Crippen molar-refractivity contribution in [2.75, 3.05) is 19.6 Å². The van der Waals surface area contributed by atoms with Gasteiger partial charge in [-0.25, -0.2) is 0 Å². The summed E-state index contributed by atoms with van der Waals surface area (Å²) in [5, 5.41) is 4.66. The molecule has 1 aromatic carbocycles. The molecule has 118 valence electrons. The highest BCUT2D eigenvalue weighted by Gasteiger charge is 2.58. The van der Waals surface area contributed by atoms with Crippen LogP contribution in [-0.2, 0) is 17.8 Å². The summed E-state index contributed by atoms with van der Waals surface area (Å²) in [5.74, 6) is 0.595. The van der Waals surface area contributed by atoms with Gasteiger partial charge in [-0.1, -0.05) is 29.3 Å². The van der Waals surface area contributed by atoms with Crippen molar-refractivity contribution in [3.8, 4) is 0 Å². The molecule has 2 heterocycles. The first-order valence-corrected chi connectivity index (χ1v) is 8.82. The van der Waals surface area contributed by atoms with Gasteiger partial charge in [-0.15, -0.1) is 0 Å². The molecule has 1 saturated heterocycles. The smallest absolute Gasteiger partial charge is 0.226 e. The number of carbonyl (C=O) groups excluding carboxylic acids is 1. The van der Waals surface area contributed by atoms with Gasteiger partial charge < -0.3 is 10.2 Å². The van der Waals surface area contributed by atoms with Crippen LogP contribution in [0.1, 0.15) is 30.4 Å². The Balaban J connectivity index is 1.49. The van der Waals surface area contributed by atoms with E-state index in [1.807, 2.05) is 17.0 Å². The Morgan fingerprint density at radius 2 is 2.05 bits per heavy atom. The van der Waals surface area contributed by atoms with E-state index in [9.17, 15) is 4.79 Å². The molecule has 5 heteroatoms. The molecule has 2 fully saturated rings. The van der Waals surface area contributed by atoms with Crippen molar-refractivity contribution in [2.45, 2.75) is 32.2 Å². The lowest BCUT2D eigenvalue weighted by Gasteiger charge is -2.31. The maximum atomic E-state index is 12.8. The Hall–Kier alpha value is -0.770. The van der Waals surface area contributed by atoms with E-state index in [0.29, 0.717) is 27.9 Å². The summed E-state index contributed by atoms with van der Waals surface area (Å²) in [6, 6.07) is 3.85. The van der Waals surface area contributed by atoms with E-state index < -0.39 is 0 Å². The van der Waals surface area contributed by atoms with Crippen LogP contribution >= 0.6 is 23.2 Å². The molecular formula is C17H20Cl2N2O. The van der Waals surface area contributed by atoms with E-state index in [0.717, 1.165) is 56.4 Å². The molecule has 1 N–H and O–H groups in total. The molecule has 2 aliphatic heterocycles. The summed E-state index contributed by atoms with van der Waals surface area (Å²) >= 11 is 12.4. The minimum Gasteiger partial charge on any atom is -0.338 e. The summed E-state index contributed by atoms with van der Waals surface area (Å²) in [6.45, 7) is 3.55. The fraction of sp³-hybridized carbons (Fsp3) is 0.588. The van der Waals surface area contributed by atoms with Gasteiger partial charge in [0, 0.05) is 19.0 Å². The molecule has 4 rings (SSSR count). The van der Waals surface area contributed by atoms with Crippen molar-refractivity contribution < 1.29 is 4.79 Å². The zero-order valence-electron chi connectivity index (χ0n) is 12.5. The Kier molecular flexibility index (Phi) is 3.63. The molecule has 0 bridgehead atoms. The van der Waals surface area contributed by atoms with Crippen molar-refractivity contribution in [1.82, 2.24) is 10.2 Å².